The van der Waals surface area contributed by atoms with Crippen molar-refractivity contribution < 1.29 is 5.11 Å². The molecule has 1 N–H and O–H groups in total. The fourth-order valence-electron chi connectivity index (χ4n) is 1.82. The molecular weight excluding hydrogens is 230 g/mol. The van der Waals surface area contributed by atoms with E-state index in [2.05, 4.69) is 34.7 Å². The summed E-state index contributed by atoms with van der Waals surface area (Å²) in [5.41, 5.74) is 0.317. The lowest BCUT2D eigenvalue weighted by Crippen LogP contribution is -2.43. The van der Waals surface area contributed by atoms with E-state index in [1.54, 1.807) is 0 Å². The molecule has 1 atom stereocenters. The van der Waals surface area contributed by atoms with E-state index in [4.69, 9.17) is 0 Å². The molecule has 1 saturated heterocycles. The number of aliphatic hydroxyl groups is 1. The first kappa shape index (κ1) is 11.5. The molecule has 2 nitrogen and oxygen atoms in total. The van der Waals surface area contributed by atoms with E-state index in [0.717, 1.165) is 37.8 Å². The molecule has 1 fully saturated rings. The van der Waals surface area contributed by atoms with Crippen molar-refractivity contribution in [2.75, 3.05) is 25.0 Å². The average Bonchev–Trinajstić information content (AvgIpc) is 2.03. The van der Waals surface area contributed by atoms with Gasteiger partial charge in [-0.25, -0.2) is 0 Å². The van der Waals surface area contributed by atoms with Crippen molar-refractivity contribution in [1.82, 2.24) is 4.90 Å². The van der Waals surface area contributed by atoms with Crippen molar-refractivity contribution in [3.63, 3.8) is 0 Å². The van der Waals surface area contributed by atoms with Gasteiger partial charge in [-0.2, -0.15) is 0 Å². The van der Waals surface area contributed by atoms with Crippen molar-refractivity contribution in [2.24, 2.45) is 5.41 Å². The number of hydrogen-bond donors (Lipinski definition) is 1. The molecule has 0 aliphatic carbocycles. The number of halogens is 1. The average molecular weight is 250 g/mol. The first-order chi connectivity index (χ1) is 6.03. The normalized spacial score (nSPS) is 26.3. The standard InChI is InChI=1S/C10H20BrNO/c1-10(2,7-11)8-12-5-3-4-9(13)6-12/h9,13H,3-8H2,1-2H3. The summed E-state index contributed by atoms with van der Waals surface area (Å²) in [7, 11) is 0. The number of nitrogens with zero attached hydrogens (tertiary/aromatic N) is 1. The maximum Gasteiger partial charge on any atom is 0.0667 e. The highest BCUT2D eigenvalue weighted by molar-refractivity contribution is 9.09. The molecule has 0 aromatic heterocycles. The molecule has 0 radical (unpaired) electrons. The van der Waals surface area contributed by atoms with Gasteiger partial charge in [0.05, 0.1) is 6.10 Å². The lowest BCUT2D eigenvalue weighted by atomic mass is 9.94. The molecule has 1 aliphatic heterocycles. The molecule has 1 aliphatic rings. The van der Waals surface area contributed by atoms with Gasteiger partial charge in [-0.1, -0.05) is 29.8 Å². The Hall–Kier alpha value is 0.400. The summed E-state index contributed by atoms with van der Waals surface area (Å²) < 4.78 is 0. The number of rotatable bonds is 3. The second kappa shape index (κ2) is 4.76. The maximum atomic E-state index is 9.50. The molecule has 0 saturated carbocycles. The molecule has 13 heavy (non-hydrogen) atoms. The third-order valence-corrected chi connectivity index (χ3v) is 4.01. The van der Waals surface area contributed by atoms with Crippen molar-refractivity contribution in [3.05, 3.63) is 0 Å². The molecule has 0 bridgehead atoms. The van der Waals surface area contributed by atoms with Crippen molar-refractivity contribution in [3.8, 4) is 0 Å². The van der Waals surface area contributed by atoms with E-state index in [1.807, 2.05) is 0 Å². The number of β-amino-alcohol motifs (C(OH)–C–C–N with tert-alkyl or cyclic N) is 1. The van der Waals surface area contributed by atoms with Crippen LogP contribution in [0.4, 0.5) is 0 Å². The molecule has 1 unspecified atom stereocenters. The molecule has 3 heteroatoms. The molecular formula is C10H20BrNO. The fourth-order valence-corrected chi connectivity index (χ4v) is 2.00. The van der Waals surface area contributed by atoms with Crippen LogP contribution in [0, 0.1) is 5.41 Å². The number of alkyl halides is 1. The van der Waals surface area contributed by atoms with E-state index in [-0.39, 0.29) is 6.10 Å². The Morgan fingerprint density at radius 1 is 1.54 bits per heavy atom. The first-order valence-corrected chi connectivity index (χ1v) is 6.12. The van der Waals surface area contributed by atoms with Crippen molar-refractivity contribution in [2.45, 2.75) is 32.8 Å². The van der Waals surface area contributed by atoms with Gasteiger partial charge in [-0.15, -0.1) is 0 Å². The zero-order chi connectivity index (χ0) is 9.90. The third-order valence-electron chi connectivity index (χ3n) is 2.49. The Balaban J connectivity index is 2.35. The molecule has 1 heterocycles. The second-order valence-corrected chi connectivity index (χ2v) is 5.39. The van der Waals surface area contributed by atoms with E-state index < -0.39 is 0 Å². The smallest absolute Gasteiger partial charge is 0.0667 e. The van der Waals surface area contributed by atoms with E-state index in [1.165, 1.54) is 0 Å². The maximum absolute atomic E-state index is 9.50. The molecule has 0 amide bonds. The highest BCUT2D eigenvalue weighted by Gasteiger charge is 2.24. The van der Waals surface area contributed by atoms with Crippen molar-refractivity contribution >= 4 is 15.9 Å². The van der Waals surface area contributed by atoms with Crippen LogP contribution < -0.4 is 0 Å². The largest absolute Gasteiger partial charge is 0.392 e. The van der Waals surface area contributed by atoms with E-state index in [0.29, 0.717) is 5.41 Å². The third kappa shape index (κ3) is 3.96. The molecule has 1 rings (SSSR count). The lowest BCUT2D eigenvalue weighted by molar-refractivity contribution is 0.0543. The van der Waals surface area contributed by atoms with Gasteiger partial charge in [-0.3, -0.25) is 0 Å². The van der Waals surface area contributed by atoms with Gasteiger partial charge in [-0.05, 0) is 24.8 Å². The first-order valence-electron chi connectivity index (χ1n) is 5.00. The number of aliphatic hydroxyl groups excluding tert-OH is 1. The summed E-state index contributed by atoms with van der Waals surface area (Å²) >= 11 is 3.52. The van der Waals surface area contributed by atoms with Crippen LogP contribution in [0.1, 0.15) is 26.7 Å². The Bertz CT molecular complexity index is 161. The van der Waals surface area contributed by atoms with Crippen LogP contribution in [-0.2, 0) is 0 Å². The minimum atomic E-state index is -0.0973. The number of piperidine rings is 1. The van der Waals surface area contributed by atoms with E-state index >= 15 is 0 Å². The summed E-state index contributed by atoms with van der Waals surface area (Å²) in [6, 6.07) is 0. The predicted molar refractivity (Wildman–Crippen MR) is 59.3 cm³/mol. The van der Waals surface area contributed by atoms with Crippen LogP contribution in [0.25, 0.3) is 0 Å². The second-order valence-electron chi connectivity index (χ2n) is 4.83. The van der Waals surface area contributed by atoms with Gasteiger partial charge < -0.3 is 10.0 Å². The SMILES string of the molecule is CC(C)(CBr)CN1CCCC(O)C1. The summed E-state index contributed by atoms with van der Waals surface area (Å²) in [5, 5.41) is 10.5. The highest BCUT2D eigenvalue weighted by atomic mass is 79.9. The van der Waals surface area contributed by atoms with Crippen LogP contribution in [0.2, 0.25) is 0 Å². The van der Waals surface area contributed by atoms with E-state index in [9.17, 15) is 5.11 Å². The Labute approximate surface area is 89.4 Å². The van der Waals surface area contributed by atoms with Crippen LogP contribution in [-0.4, -0.2) is 41.1 Å². The molecule has 78 valence electrons. The van der Waals surface area contributed by atoms with Gasteiger partial charge in [0.15, 0.2) is 0 Å². The molecule has 0 aromatic rings. The van der Waals surface area contributed by atoms with Crippen LogP contribution in [0.3, 0.4) is 0 Å². The van der Waals surface area contributed by atoms with Crippen molar-refractivity contribution in [1.29, 1.82) is 0 Å². The van der Waals surface area contributed by atoms with Gasteiger partial charge >= 0.3 is 0 Å². The summed E-state index contributed by atoms with van der Waals surface area (Å²) in [5.74, 6) is 0. The van der Waals surface area contributed by atoms with Crippen LogP contribution >= 0.6 is 15.9 Å². The van der Waals surface area contributed by atoms with Gasteiger partial charge in [0.25, 0.3) is 0 Å². The number of likely N-dealkylation sites (tertiary alicyclic amines) is 1. The Kier molecular flexibility index (Phi) is 4.20. The minimum absolute atomic E-state index is 0.0973. The van der Waals surface area contributed by atoms with Crippen LogP contribution in [0.15, 0.2) is 0 Å². The van der Waals surface area contributed by atoms with Crippen LogP contribution in [0.5, 0.6) is 0 Å². The summed E-state index contributed by atoms with van der Waals surface area (Å²) in [4.78, 5) is 2.37. The Morgan fingerprint density at radius 3 is 2.77 bits per heavy atom. The predicted octanol–water partition coefficient (Wildman–Crippen LogP) is 1.86. The summed E-state index contributed by atoms with van der Waals surface area (Å²) in [6.45, 7) is 7.59. The van der Waals surface area contributed by atoms with Gasteiger partial charge in [0.2, 0.25) is 0 Å². The van der Waals surface area contributed by atoms with Gasteiger partial charge in [0.1, 0.15) is 0 Å². The summed E-state index contributed by atoms with van der Waals surface area (Å²) in [6.07, 6.45) is 2.02. The monoisotopic (exact) mass is 249 g/mol. The zero-order valence-electron chi connectivity index (χ0n) is 8.59. The topological polar surface area (TPSA) is 23.5 Å². The van der Waals surface area contributed by atoms with Gasteiger partial charge in [0, 0.05) is 18.4 Å². The zero-order valence-corrected chi connectivity index (χ0v) is 10.2. The minimum Gasteiger partial charge on any atom is -0.392 e. The highest BCUT2D eigenvalue weighted by Crippen LogP contribution is 2.22. The Morgan fingerprint density at radius 2 is 2.23 bits per heavy atom. The molecule has 0 spiro atoms. The number of hydrogen-bond acceptors (Lipinski definition) is 2. The molecule has 0 aromatic carbocycles. The fraction of sp³-hybridized carbons (Fsp3) is 1.00. The lowest BCUT2D eigenvalue weighted by Gasteiger charge is -2.35. The quantitative estimate of drug-likeness (QED) is 0.773.